The minimum Gasteiger partial charge on any atom is -0.441 e. The third-order valence-electron chi connectivity index (χ3n) is 1.71. The Morgan fingerprint density at radius 3 is 2.00 bits per heavy atom. The highest BCUT2D eigenvalue weighted by atomic mass is 16.4. The van der Waals surface area contributed by atoms with Crippen molar-refractivity contribution in [2.75, 3.05) is 37.1 Å². The Morgan fingerprint density at radius 1 is 1.00 bits per heavy atom. The zero-order valence-electron chi connectivity index (χ0n) is 7.62. The molecule has 0 aliphatic rings. The molecule has 0 aromatic carbocycles. The Balaban J connectivity index is 3.16. The van der Waals surface area contributed by atoms with E-state index in [1.807, 2.05) is 14.1 Å². The van der Waals surface area contributed by atoms with Gasteiger partial charge in [0.2, 0.25) is 5.88 Å². The van der Waals surface area contributed by atoms with Gasteiger partial charge in [-0.2, -0.15) is 0 Å². The Morgan fingerprint density at radius 2 is 1.58 bits per heavy atom. The van der Waals surface area contributed by atoms with E-state index in [9.17, 15) is 0 Å². The predicted octanol–water partition coefficient (Wildman–Crippen LogP) is 1.59. The van der Waals surface area contributed by atoms with Gasteiger partial charge in [-0.15, -0.1) is 0 Å². The van der Waals surface area contributed by atoms with E-state index < -0.39 is 0 Å². The van der Waals surface area contributed by atoms with Gasteiger partial charge < -0.3 is 20.4 Å². The Bertz CT molecular complexity index is 268. The zero-order valence-corrected chi connectivity index (χ0v) is 7.62. The number of hydrogen-bond donors (Lipinski definition) is 3. The lowest BCUT2D eigenvalue weighted by atomic mass is 10.3. The summed E-state index contributed by atoms with van der Waals surface area (Å²) in [7, 11) is 5.48. The minimum absolute atomic E-state index is 0.631. The van der Waals surface area contributed by atoms with Crippen LogP contribution in [0.15, 0.2) is 4.42 Å². The van der Waals surface area contributed by atoms with Crippen molar-refractivity contribution in [3.05, 3.63) is 12.7 Å². The van der Waals surface area contributed by atoms with Crippen LogP contribution in [0.25, 0.3) is 0 Å². The number of hydrogen-bond acceptors (Lipinski definition) is 4. The maximum absolute atomic E-state index is 5.33. The quantitative estimate of drug-likeness (QED) is 0.641. The second-order valence-electron chi connectivity index (χ2n) is 2.35. The van der Waals surface area contributed by atoms with Gasteiger partial charge >= 0.3 is 0 Å². The molecule has 12 heavy (non-hydrogen) atoms. The van der Waals surface area contributed by atoms with Crippen LogP contribution in [0.4, 0.5) is 17.3 Å². The zero-order chi connectivity index (χ0) is 9.14. The summed E-state index contributed by atoms with van der Waals surface area (Å²) in [6.07, 6.45) is 0. The molecule has 0 aliphatic heterocycles. The van der Waals surface area contributed by atoms with Crippen LogP contribution >= 0.6 is 0 Å². The first kappa shape index (κ1) is 8.77. The van der Waals surface area contributed by atoms with Crippen molar-refractivity contribution in [2.45, 2.75) is 0 Å². The highest BCUT2D eigenvalue weighted by Crippen LogP contribution is 2.35. The van der Waals surface area contributed by atoms with Crippen molar-refractivity contribution < 1.29 is 4.42 Å². The number of furan rings is 1. The number of nitrogens with one attached hydrogen (secondary N) is 3. The van der Waals surface area contributed by atoms with Crippen LogP contribution in [-0.4, -0.2) is 21.1 Å². The van der Waals surface area contributed by atoms with E-state index in [-0.39, 0.29) is 0 Å². The SMILES string of the molecule is [CH2]c1oc(NC)c(NC)c1NC. The second kappa shape index (κ2) is 3.38. The van der Waals surface area contributed by atoms with Crippen LogP contribution in [-0.2, 0) is 0 Å². The van der Waals surface area contributed by atoms with Crippen LogP contribution < -0.4 is 16.0 Å². The predicted molar refractivity (Wildman–Crippen MR) is 51.8 cm³/mol. The van der Waals surface area contributed by atoms with Gasteiger partial charge in [0.15, 0.2) is 0 Å². The standard InChI is InChI=1S/C8H14N3O/c1-5-6(9-2)7(10-3)8(11-4)12-5/h9-11H,1H2,2-4H3. The molecule has 1 aromatic rings. The van der Waals surface area contributed by atoms with Crippen molar-refractivity contribution in [1.82, 2.24) is 0 Å². The summed E-state index contributed by atoms with van der Waals surface area (Å²) in [6.45, 7) is 3.76. The van der Waals surface area contributed by atoms with Gasteiger partial charge in [-0.05, 0) is 0 Å². The summed E-state index contributed by atoms with van der Waals surface area (Å²) < 4.78 is 5.33. The van der Waals surface area contributed by atoms with Crippen LogP contribution in [0, 0.1) is 6.92 Å². The average Bonchev–Trinajstić information content (AvgIpc) is 2.40. The topological polar surface area (TPSA) is 49.2 Å². The van der Waals surface area contributed by atoms with Crippen LogP contribution in [0.3, 0.4) is 0 Å². The third-order valence-corrected chi connectivity index (χ3v) is 1.71. The van der Waals surface area contributed by atoms with Gasteiger partial charge in [0.05, 0.1) is 0 Å². The molecule has 1 radical (unpaired) electrons. The summed E-state index contributed by atoms with van der Waals surface area (Å²) in [5.41, 5.74) is 1.80. The van der Waals surface area contributed by atoms with Crippen molar-refractivity contribution in [2.24, 2.45) is 0 Å². The van der Waals surface area contributed by atoms with Crippen molar-refractivity contribution in [1.29, 1.82) is 0 Å². The molecule has 4 heteroatoms. The molecule has 0 amide bonds. The summed E-state index contributed by atoms with van der Waals surface area (Å²) in [4.78, 5) is 0. The first-order valence-corrected chi connectivity index (χ1v) is 3.76. The average molecular weight is 168 g/mol. The Kier molecular flexibility index (Phi) is 2.47. The minimum atomic E-state index is 0.631. The molecule has 0 atom stereocenters. The molecule has 0 spiro atoms. The van der Waals surface area contributed by atoms with Gasteiger partial charge in [0.1, 0.15) is 17.1 Å². The Hall–Kier alpha value is -1.32. The monoisotopic (exact) mass is 168 g/mol. The van der Waals surface area contributed by atoms with E-state index in [4.69, 9.17) is 4.42 Å². The van der Waals surface area contributed by atoms with Gasteiger partial charge in [0.25, 0.3) is 0 Å². The fourth-order valence-corrected chi connectivity index (χ4v) is 1.16. The smallest absolute Gasteiger partial charge is 0.218 e. The Labute approximate surface area is 72.3 Å². The van der Waals surface area contributed by atoms with Crippen molar-refractivity contribution >= 4 is 17.3 Å². The highest BCUT2D eigenvalue weighted by Gasteiger charge is 2.13. The summed E-state index contributed by atoms with van der Waals surface area (Å²) in [5.74, 6) is 1.33. The molecule has 1 aromatic heterocycles. The fourth-order valence-electron chi connectivity index (χ4n) is 1.16. The van der Waals surface area contributed by atoms with Gasteiger partial charge in [-0.1, -0.05) is 0 Å². The van der Waals surface area contributed by atoms with Gasteiger partial charge in [-0.25, -0.2) is 0 Å². The largest absolute Gasteiger partial charge is 0.441 e. The van der Waals surface area contributed by atoms with Gasteiger partial charge in [0, 0.05) is 28.1 Å². The normalized spacial score (nSPS) is 9.67. The van der Waals surface area contributed by atoms with Crippen molar-refractivity contribution in [3.63, 3.8) is 0 Å². The lowest BCUT2D eigenvalue weighted by Crippen LogP contribution is -1.97. The van der Waals surface area contributed by atoms with E-state index in [0.717, 1.165) is 11.4 Å². The van der Waals surface area contributed by atoms with Crippen LogP contribution in [0.2, 0.25) is 0 Å². The highest BCUT2D eigenvalue weighted by molar-refractivity contribution is 5.81. The molecule has 0 saturated carbocycles. The molecule has 0 saturated heterocycles. The van der Waals surface area contributed by atoms with E-state index >= 15 is 0 Å². The van der Waals surface area contributed by atoms with Gasteiger partial charge in [-0.3, -0.25) is 0 Å². The van der Waals surface area contributed by atoms with Crippen LogP contribution in [0.1, 0.15) is 5.76 Å². The maximum Gasteiger partial charge on any atom is 0.218 e. The molecule has 0 aliphatic carbocycles. The molecular formula is C8H14N3O. The third kappa shape index (κ3) is 1.20. The fraction of sp³-hybridized carbons (Fsp3) is 0.375. The van der Waals surface area contributed by atoms with E-state index in [1.165, 1.54) is 0 Å². The molecule has 1 rings (SSSR count). The lowest BCUT2D eigenvalue weighted by molar-refractivity contribution is 0.566. The first-order chi connectivity index (χ1) is 5.74. The molecule has 0 fully saturated rings. The molecule has 67 valence electrons. The molecule has 1 heterocycles. The van der Waals surface area contributed by atoms with Crippen molar-refractivity contribution in [3.8, 4) is 0 Å². The van der Waals surface area contributed by atoms with E-state index in [0.29, 0.717) is 11.6 Å². The number of anilines is 3. The maximum atomic E-state index is 5.33. The summed E-state index contributed by atoms with van der Waals surface area (Å²) in [6, 6.07) is 0. The second-order valence-corrected chi connectivity index (χ2v) is 2.35. The molecule has 4 nitrogen and oxygen atoms in total. The molecular weight excluding hydrogens is 154 g/mol. The van der Waals surface area contributed by atoms with Crippen LogP contribution in [0.5, 0.6) is 0 Å². The molecule has 3 N–H and O–H groups in total. The summed E-state index contributed by atoms with van der Waals surface area (Å²) in [5, 5.41) is 8.97. The lowest BCUT2D eigenvalue weighted by Gasteiger charge is -2.02. The van der Waals surface area contributed by atoms with E-state index in [2.05, 4.69) is 22.9 Å². The number of rotatable bonds is 3. The molecule has 0 unspecified atom stereocenters. The first-order valence-electron chi connectivity index (χ1n) is 3.76. The molecule has 0 bridgehead atoms. The van der Waals surface area contributed by atoms with E-state index in [1.54, 1.807) is 7.05 Å². The summed E-state index contributed by atoms with van der Waals surface area (Å²) >= 11 is 0.